The normalized spacial score (nSPS) is 17.2. The molecule has 2 rings (SSSR count). The molecule has 0 unspecified atom stereocenters. The molecule has 1 fully saturated rings. The third kappa shape index (κ3) is 2.59. The number of carboxylic acids is 1. The minimum atomic E-state index is -3.80. The van der Waals surface area contributed by atoms with Crippen molar-refractivity contribution in [3.05, 3.63) is 28.8 Å². The molecule has 1 saturated heterocycles. The number of carbonyl (C=O) groups is 1. The van der Waals surface area contributed by atoms with Gasteiger partial charge in [0.15, 0.2) is 0 Å². The summed E-state index contributed by atoms with van der Waals surface area (Å²) in [6.45, 7) is 0.355. The topological polar surface area (TPSA) is 94.9 Å². The minimum absolute atomic E-state index is 0.0163. The number of hydrogen-bond acceptors (Lipinski definition) is 4. The van der Waals surface area contributed by atoms with Crippen LogP contribution in [0.15, 0.2) is 23.1 Å². The highest BCUT2D eigenvalue weighted by atomic mass is 35.5. The molecule has 0 amide bonds. The van der Waals surface area contributed by atoms with Crippen molar-refractivity contribution < 1.29 is 23.4 Å². The Morgan fingerprint density at radius 1 is 1.42 bits per heavy atom. The zero-order valence-corrected chi connectivity index (χ0v) is 11.4. The van der Waals surface area contributed by atoms with Crippen LogP contribution in [0.25, 0.3) is 0 Å². The van der Waals surface area contributed by atoms with Gasteiger partial charge in [0.05, 0.1) is 10.6 Å². The average Bonchev–Trinajstić information content (AvgIpc) is 2.27. The number of sulfonamides is 1. The summed E-state index contributed by atoms with van der Waals surface area (Å²) in [7, 11) is -3.80. The largest absolute Gasteiger partial charge is 0.478 e. The summed E-state index contributed by atoms with van der Waals surface area (Å²) in [5.41, 5.74) is -0.137. The number of aliphatic hydroxyl groups excluding tert-OH is 1. The van der Waals surface area contributed by atoms with Crippen LogP contribution >= 0.6 is 11.6 Å². The first-order valence-electron chi connectivity index (χ1n) is 5.50. The fourth-order valence-corrected chi connectivity index (χ4v) is 3.90. The summed E-state index contributed by atoms with van der Waals surface area (Å²) < 4.78 is 25.6. The maximum atomic E-state index is 12.2. The molecule has 19 heavy (non-hydrogen) atoms. The van der Waals surface area contributed by atoms with Gasteiger partial charge in [-0.2, -0.15) is 4.31 Å². The van der Waals surface area contributed by atoms with Crippen LogP contribution in [0.2, 0.25) is 5.02 Å². The van der Waals surface area contributed by atoms with E-state index in [-0.39, 0.29) is 41.1 Å². The van der Waals surface area contributed by atoms with Gasteiger partial charge in [0.25, 0.3) is 0 Å². The van der Waals surface area contributed by atoms with Crippen molar-refractivity contribution in [2.24, 2.45) is 5.92 Å². The third-order valence-corrected chi connectivity index (χ3v) is 5.29. The minimum Gasteiger partial charge on any atom is -0.478 e. The molecule has 1 heterocycles. The van der Waals surface area contributed by atoms with Crippen LogP contribution in [-0.4, -0.2) is 48.6 Å². The molecule has 0 bridgehead atoms. The van der Waals surface area contributed by atoms with Gasteiger partial charge in [0.1, 0.15) is 4.90 Å². The van der Waals surface area contributed by atoms with Crippen molar-refractivity contribution in [3.63, 3.8) is 0 Å². The second-order valence-electron chi connectivity index (χ2n) is 4.32. The fraction of sp³-hybridized carbons (Fsp3) is 0.364. The quantitative estimate of drug-likeness (QED) is 0.851. The first kappa shape index (κ1) is 14.3. The van der Waals surface area contributed by atoms with E-state index >= 15 is 0 Å². The first-order chi connectivity index (χ1) is 8.86. The summed E-state index contributed by atoms with van der Waals surface area (Å²) in [5, 5.41) is 17.7. The lowest BCUT2D eigenvalue weighted by Crippen LogP contribution is -2.51. The second-order valence-corrected chi connectivity index (χ2v) is 6.63. The van der Waals surface area contributed by atoms with E-state index < -0.39 is 16.0 Å². The summed E-state index contributed by atoms with van der Waals surface area (Å²) in [6, 6.07) is 3.55. The van der Waals surface area contributed by atoms with Crippen LogP contribution < -0.4 is 0 Å². The molecular formula is C11H12ClNO5S. The van der Waals surface area contributed by atoms with Crippen molar-refractivity contribution in [1.29, 1.82) is 0 Å². The summed E-state index contributed by atoms with van der Waals surface area (Å²) in [6.07, 6.45) is 0. The number of aromatic carboxylic acids is 1. The molecule has 1 aromatic carbocycles. The molecule has 0 spiro atoms. The van der Waals surface area contributed by atoms with E-state index in [0.29, 0.717) is 0 Å². The van der Waals surface area contributed by atoms with Gasteiger partial charge in [-0.25, -0.2) is 13.2 Å². The SMILES string of the molecule is O=C(O)c1ccc(Cl)c(S(=O)(=O)N2CC(CO)C2)c1. The van der Waals surface area contributed by atoms with Gasteiger partial charge in [-0.05, 0) is 18.2 Å². The maximum absolute atomic E-state index is 12.2. The number of hydrogen-bond donors (Lipinski definition) is 2. The van der Waals surface area contributed by atoms with Gasteiger partial charge >= 0.3 is 5.97 Å². The number of benzene rings is 1. The predicted octanol–water partition coefficient (Wildman–Crippen LogP) is 0.651. The standard InChI is InChI=1S/C11H12ClNO5S/c12-9-2-1-8(11(15)16)3-10(9)19(17,18)13-4-7(5-13)6-14/h1-3,7,14H,4-6H2,(H,15,16). The number of rotatable bonds is 4. The Labute approximate surface area is 115 Å². The highest BCUT2D eigenvalue weighted by Gasteiger charge is 2.37. The van der Waals surface area contributed by atoms with Gasteiger partial charge in [-0.15, -0.1) is 0 Å². The molecule has 6 nitrogen and oxygen atoms in total. The highest BCUT2D eigenvalue weighted by Crippen LogP contribution is 2.30. The Bertz CT molecular complexity index is 610. The molecule has 0 aliphatic carbocycles. The molecule has 1 aromatic rings. The van der Waals surface area contributed by atoms with E-state index in [1.165, 1.54) is 16.4 Å². The lowest BCUT2D eigenvalue weighted by molar-refractivity contribution is 0.0696. The Balaban J connectivity index is 2.35. The van der Waals surface area contributed by atoms with Crippen molar-refractivity contribution in [3.8, 4) is 0 Å². The smallest absolute Gasteiger partial charge is 0.335 e. The van der Waals surface area contributed by atoms with Crippen molar-refractivity contribution >= 4 is 27.6 Å². The van der Waals surface area contributed by atoms with Crippen LogP contribution in [0.1, 0.15) is 10.4 Å². The monoisotopic (exact) mass is 305 g/mol. The van der Waals surface area contributed by atoms with Crippen LogP contribution in [0.3, 0.4) is 0 Å². The van der Waals surface area contributed by atoms with E-state index in [1.54, 1.807) is 0 Å². The van der Waals surface area contributed by atoms with E-state index in [2.05, 4.69) is 0 Å². The van der Waals surface area contributed by atoms with Crippen LogP contribution in [0, 0.1) is 5.92 Å². The number of halogens is 1. The zero-order chi connectivity index (χ0) is 14.2. The predicted molar refractivity (Wildman–Crippen MR) is 67.7 cm³/mol. The molecule has 0 saturated carbocycles. The second kappa shape index (κ2) is 5.09. The molecule has 2 N–H and O–H groups in total. The number of nitrogens with zero attached hydrogens (tertiary/aromatic N) is 1. The summed E-state index contributed by atoms with van der Waals surface area (Å²) in [5.74, 6) is -1.29. The van der Waals surface area contributed by atoms with E-state index in [0.717, 1.165) is 6.07 Å². The Hall–Kier alpha value is -1.15. The lowest BCUT2D eigenvalue weighted by Gasteiger charge is -2.37. The molecule has 0 aromatic heterocycles. The molecule has 1 aliphatic heterocycles. The maximum Gasteiger partial charge on any atom is 0.335 e. The van der Waals surface area contributed by atoms with Crippen molar-refractivity contribution in [2.75, 3.05) is 19.7 Å². The number of carboxylic acid groups (broad SMARTS) is 1. The average molecular weight is 306 g/mol. The molecule has 8 heteroatoms. The van der Waals surface area contributed by atoms with Gasteiger partial charge in [-0.1, -0.05) is 11.6 Å². The van der Waals surface area contributed by atoms with Gasteiger partial charge < -0.3 is 10.2 Å². The van der Waals surface area contributed by atoms with Gasteiger partial charge in [0.2, 0.25) is 10.0 Å². The van der Waals surface area contributed by atoms with Crippen molar-refractivity contribution in [1.82, 2.24) is 4.31 Å². The van der Waals surface area contributed by atoms with E-state index in [4.69, 9.17) is 21.8 Å². The fourth-order valence-electron chi connectivity index (χ4n) is 1.81. The van der Waals surface area contributed by atoms with Crippen molar-refractivity contribution in [2.45, 2.75) is 4.90 Å². The van der Waals surface area contributed by atoms with Gasteiger partial charge in [-0.3, -0.25) is 0 Å². The van der Waals surface area contributed by atoms with Crippen LogP contribution in [-0.2, 0) is 10.0 Å². The summed E-state index contributed by atoms with van der Waals surface area (Å²) >= 11 is 5.83. The van der Waals surface area contributed by atoms with E-state index in [9.17, 15) is 13.2 Å². The van der Waals surface area contributed by atoms with Crippen LogP contribution in [0.4, 0.5) is 0 Å². The highest BCUT2D eigenvalue weighted by molar-refractivity contribution is 7.89. The van der Waals surface area contributed by atoms with Crippen LogP contribution in [0.5, 0.6) is 0 Å². The molecule has 1 aliphatic rings. The third-order valence-electron chi connectivity index (χ3n) is 2.98. The molecule has 0 radical (unpaired) electrons. The zero-order valence-electron chi connectivity index (χ0n) is 9.78. The first-order valence-corrected chi connectivity index (χ1v) is 7.32. The van der Waals surface area contributed by atoms with Gasteiger partial charge in [0, 0.05) is 25.6 Å². The number of aliphatic hydroxyl groups is 1. The Kier molecular flexibility index (Phi) is 3.82. The molecular weight excluding hydrogens is 294 g/mol. The lowest BCUT2D eigenvalue weighted by atomic mass is 10.1. The molecule has 104 valence electrons. The Morgan fingerprint density at radius 2 is 2.05 bits per heavy atom. The van der Waals surface area contributed by atoms with E-state index in [1.807, 2.05) is 0 Å². The summed E-state index contributed by atoms with van der Waals surface area (Å²) in [4.78, 5) is 10.6. The Morgan fingerprint density at radius 3 is 2.58 bits per heavy atom. The molecule has 0 atom stereocenters.